The molecule has 0 spiro atoms. The Bertz CT molecular complexity index is 311. The van der Waals surface area contributed by atoms with E-state index in [4.69, 9.17) is 0 Å². The molecule has 5 nitrogen and oxygen atoms in total. The first-order valence-corrected chi connectivity index (χ1v) is 4.09. The molecule has 0 unspecified atom stereocenters. The highest BCUT2D eigenvalue weighted by molar-refractivity contribution is 5.95. The Morgan fingerprint density at radius 3 is 2.21 bits per heavy atom. The van der Waals surface area contributed by atoms with Gasteiger partial charge in [-0.05, 0) is 12.1 Å². The van der Waals surface area contributed by atoms with Crippen LogP contribution in [-0.4, -0.2) is 30.9 Å². The van der Waals surface area contributed by atoms with Gasteiger partial charge in [-0.2, -0.15) is 0 Å². The summed E-state index contributed by atoms with van der Waals surface area (Å²) in [5.41, 5.74) is 0.723. The molecule has 2 amide bonds. The first-order valence-electron chi connectivity index (χ1n) is 4.09. The van der Waals surface area contributed by atoms with Crippen LogP contribution < -0.4 is 10.6 Å². The van der Waals surface area contributed by atoms with Gasteiger partial charge in [0, 0.05) is 20.3 Å². The first-order chi connectivity index (χ1) is 6.69. The average molecular weight is 193 g/mol. The van der Waals surface area contributed by atoms with Gasteiger partial charge in [0.05, 0.1) is 5.56 Å². The fourth-order valence-electron chi connectivity index (χ4n) is 0.935. The van der Waals surface area contributed by atoms with E-state index in [-0.39, 0.29) is 11.8 Å². The lowest BCUT2D eigenvalue weighted by molar-refractivity contribution is 0.0947. The van der Waals surface area contributed by atoms with Crippen LogP contribution in [0.15, 0.2) is 18.3 Å². The molecular weight excluding hydrogens is 182 g/mol. The van der Waals surface area contributed by atoms with Crippen LogP contribution in [0, 0.1) is 0 Å². The molecule has 1 rings (SSSR count). The number of hydrogen-bond acceptors (Lipinski definition) is 3. The number of pyridine rings is 1. The maximum atomic E-state index is 11.1. The lowest BCUT2D eigenvalue weighted by atomic mass is 10.2. The van der Waals surface area contributed by atoms with E-state index in [2.05, 4.69) is 15.6 Å². The van der Waals surface area contributed by atoms with Crippen LogP contribution >= 0.6 is 0 Å². The number of amides is 2. The molecule has 1 heterocycles. The highest BCUT2D eigenvalue weighted by atomic mass is 16.2. The lowest BCUT2D eigenvalue weighted by Crippen LogP contribution is -2.21. The Morgan fingerprint density at radius 2 is 1.79 bits per heavy atom. The minimum Gasteiger partial charge on any atom is -0.355 e. The third-order valence-corrected chi connectivity index (χ3v) is 1.71. The second-order valence-electron chi connectivity index (χ2n) is 2.59. The monoisotopic (exact) mass is 193 g/mol. The molecule has 2 N–H and O–H groups in total. The summed E-state index contributed by atoms with van der Waals surface area (Å²) in [6, 6.07) is 3.06. The molecule has 74 valence electrons. The summed E-state index contributed by atoms with van der Waals surface area (Å²) >= 11 is 0. The third kappa shape index (κ3) is 2.07. The van der Waals surface area contributed by atoms with Crippen molar-refractivity contribution in [1.82, 2.24) is 15.6 Å². The minimum absolute atomic E-state index is 0.221. The molecule has 0 aliphatic carbocycles. The van der Waals surface area contributed by atoms with Crippen molar-refractivity contribution in [2.75, 3.05) is 14.1 Å². The topological polar surface area (TPSA) is 71.1 Å². The zero-order valence-corrected chi connectivity index (χ0v) is 8.00. The molecule has 0 radical (unpaired) electrons. The van der Waals surface area contributed by atoms with E-state index in [1.807, 2.05) is 0 Å². The van der Waals surface area contributed by atoms with Gasteiger partial charge in [-0.3, -0.25) is 14.6 Å². The van der Waals surface area contributed by atoms with E-state index in [1.165, 1.54) is 26.4 Å². The SMILES string of the molecule is CNC(=O)c1ccc(C(=O)NC)nc1. The van der Waals surface area contributed by atoms with E-state index in [0.717, 1.165) is 0 Å². The fraction of sp³-hybridized carbons (Fsp3) is 0.222. The van der Waals surface area contributed by atoms with Crippen LogP contribution in [-0.2, 0) is 0 Å². The number of carbonyl (C=O) groups is 2. The third-order valence-electron chi connectivity index (χ3n) is 1.71. The van der Waals surface area contributed by atoms with Crippen molar-refractivity contribution in [3.63, 3.8) is 0 Å². The Morgan fingerprint density at radius 1 is 1.14 bits per heavy atom. The van der Waals surface area contributed by atoms with E-state index in [0.29, 0.717) is 11.3 Å². The van der Waals surface area contributed by atoms with E-state index >= 15 is 0 Å². The van der Waals surface area contributed by atoms with Crippen molar-refractivity contribution in [2.45, 2.75) is 0 Å². The quantitative estimate of drug-likeness (QED) is 0.683. The summed E-state index contributed by atoms with van der Waals surface area (Å²) in [6.45, 7) is 0. The highest BCUT2D eigenvalue weighted by Crippen LogP contribution is 1.99. The number of carbonyl (C=O) groups excluding carboxylic acids is 2. The molecule has 0 atom stereocenters. The molecule has 1 aromatic heterocycles. The van der Waals surface area contributed by atoms with Gasteiger partial charge in [0.25, 0.3) is 11.8 Å². The zero-order chi connectivity index (χ0) is 10.6. The van der Waals surface area contributed by atoms with Crippen LogP contribution in [0.4, 0.5) is 0 Å². The molecular formula is C9H11N3O2. The van der Waals surface area contributed by atoms with Gasteiger partial charge >= 0.3 is 0 Å². The van der Waals surface area contributed by atoms with Crippen molar-refractivity contribution >= 4 is 11.8 Å². The standard InChI is InChI=1S/C9H11N3O2/c1-10-8(13)6-3-4-7(12-5-6)9(14)11-2/h3-5H,1-2H3,(H,10,13)(H,11,14). The maximum absolute atomic E-state index is 11.1. The molecule has 1 aromatic rings. The van der Waals surface area contributed by atoms with E-state index < -0.39 is 0 Å². The van der Waals surface area contributed by atoms with Gasteiger partial charge < -0.3 is 10.6 Å². The molecule has 0 saturated heterocycles. The lowest BCUT2D eigenvalue weighted by Gasteiger charge is -2.00. The number of hydrogen-bond donors (Lipinski definition) is 2. The van der Waals surface area contributed by atoms with Crippen LogP contribution in [0.25, 0.3) is 0 Å². The van der Waals surface area contributed by atoms with Crippen molar-refractivity contribution in [1.29, 1.82) is 0 Å². The number of nitrogens with zero attached hydrogens (tertiary/aromatic N) is 1. The number of nitrogens with one attached hydrogen (secondary N) is 2. The molecule has 0 aliphatic heterocycles. The van der Waals surface area contributed by atoms with Crippen molar-refractivity contribution < 1.29 is 9.59 Å². The van der Waals surface area contributed by atoms with Gasteiger partial charge in [-0.1, -0.05) is 0 Å². The Kier molecular flexibility index (Phi) is 3.17. The van der Waals surface area contributed by atoms with Crippen molar-refractivity contribution in [2.24, 2.45) is 0 Å². The van der Waals surface area contributed by atoms with E-state index in [9.17, 15) is 9.59 Å². The molecule has 0 aromatic carbocycles. The molecule has 0 bridgehead atoms. The van der Waals surface area contributed by atoms with Gasteiger partial charge in [0.1, 0.15) is 5.69 Å². The summed E-state index contributed by atoms with van der Waals surface area (Å²) in [6.07, 6.45) is 1.36. The van der Waals surface area contributed by atoms with Crippen LogP contribution in [0.5, 0.6) is 0 Å². The number of aromatic nitrogens is 1. The first kappa shape index (κ1) is 10.2. The largest absolute Gasteiger partial charge is 0.355 e. The van der Waals surface area contributed by atoms with Crippen LogP contribution in [0.2, 0.25) is 0 Å². The maximum Gasteiger partial charge on any atom is 0.269 e. The van der Waals surface area contributed by atoms with Gasteiger partial charge in [-0.25, -0.2) is 0 Å². The summed E-state index contributed by atoms with van der Waals surface area (Å²) in [4.78, 5) is 26.0. The smallest absolute Gasteiger partial charge is 0.269 e. The predicted octanol–water partition coefficient (Wildman–Crippen LogP) is -0.199. The fourth-order valence-corrected chi connectivity index (χ4v) is 0.935. The predicted molar refractivity (Wildman–Crippen MR) is 51.0 cm³/mol. The normalized spacial score (nSPS) is 9.29. The Hall–Kier alpha value is -1.91. The summed E-state index contributed by atoms with van der Waals surface area (Å²) in [5, 5.41) is 4.91. The zero-order valence-electron chi connectivity index (χ0n) is 8.00. The van der Waals surface area contributed by atoms with Gasteiger partial charge in [-0.15, -0.1) is 0 Å². The van der Waals surface area contributed by atoms with E-state index in [1.54, 1.807) is 6.07 Å². The number of rotatable bonds is 2. The second-order valence-corrected chi connectivity index (χ2v) is 2.59. The molecule has 0 fully saturated rings. The summed E-state index contributed by atoms with van der Waals surface area (Å²) in [7, 11) is 3.06. The summed E-state index contributed by atoms with van der Waals surface area (Å²) < 4.78 is 0. The highest BCUT2D eigenvalue weighted by Gasteiger charge is 2.06. The van der Waals surface area contributed by atoms with Crippen LogP contribution in [0.3, 0.4) is 0 Å². The minimum atomic E-state index is -0.270. The molecule has 0 aliphatic rings. The average Bonchev–Trinajstić information content (AvgIpc) is 2.27. The second kappa shape index (κ2) is 4.36. The van der Waals surface area contributed by atoms with Crippen molar-refractivity contribution in [3.8, 4) is 0 Å². The van der Waals surface area contributed by atoms with Crippen LogP contribution in [0.1, 0.15) is 20.8 Å². The molecule has 0 saturated carbocycles. The Balaban J connectivity index is 2.89. The molecule has 5 heteroatoms. The van der Waals surface area contributed by atoms with Gasteiger partial charge in [0.2, 0.25) is 0 Å². The molecule has 14 heavy (non-hydrogen) atoms. The van der Waals surface area contributed by atoms with Crippen molar-refractivity contribution in [3.05, 3.63) is 29.6 Å². The summed E-state index contributed by atoms with van der Waals surface area (Å²) in [5.74, 6) is -0.491. The Labute approximate surface area is 81.5 Å². The van der Waals surface area contributed by atoms with Gasteiger partial charge in [0.15, 0.2) is 0 Å².